The summed E-state index contributed by atoms with van der Waals surface area (Å²) in [6.07, 6.45) is -3.73. The Morgan fingerprint density at radius 2 is 1.75 bits per heavy atom. The van der Waals surface area contributed by atoms with Crippen molar-refractivity contribution in [3.63, 3.8) is 0 Å². The Morgan fingerprint density at radius 1 is 1.14 bits per heavy atom. The van der Waals surface area contributed by atoms with Gasteiger partial charge in [-0.25, -0.2) is 4.79 Å². The second-order valence-electron chi connectivity index (χ2n) is 6.03. The number of amides is 3. The number of carbonyl (C=O) groups excluding carboxylic acids is 2. The van der Waals surface area contributed by atoms with Gasteiger partial charge in [0.1, 0.15) is 12.6 Å². The van der Waals surface area contributed by atoms with E-state index in [9.17, 15) is 22.8 Å². The molecule has 3 amide bonds. The average Bonchev–Trinajstić information content (AvgIpc) is 3.14. The van der Waals surface area contributed by atoms with E-state index < -0.39 is 30.7 Å². The quantitative estimate of drug-likeness (QED) is 0.759. The van der Waals surface area contributed by atoms with Crippen molar-refractivity contribution in [1.29, 1.82) is 0 Å². The molecule has 2 rings (SSSR count). The van der Waals surface area contributed by atoms with Crippen LogP contribution in [-0.4, -0.2) is 63.5 Å². The minimum Gasteiger partial charge on any atom is -0.493 e. The Bertz CT molecular complexity index is 701. The van der Waals surface area contributed by atoms with E-state index in [-0.39, 0.29) is 13.0 Å². The molecule has 8 nitrogen and oxygen atoms in total. The number of benzene rings is 1. The zero-order valence-electron chi connectivity index (χ0n) is 15.7. The first kappa shape index (κ1) is 21.5. The number of rotatable bonds is 6. The minimum atomic E-state index is -4.52. The van der Waals surface area contributed by atoms with Gasteiger partial charge < -0.3 is 29.7 Å². The monoisotopic (exact) mass is 405 g/mol. The van der Waals surface area contributed by atoms with Crippen molar-refractivity contribution in [2.24, 2.45) is 0 Å². The third-order valence-corrected chi connectivity index (χ3v) is 4.20. The SMILES string of the molecule is COc1cc(NC(=O)N2CCC[C@H]2C(=O)NCC(F)(F)F)cc(OC)c1OC. The van der Waals surface area contributed by atoms with E-state index in [1.54, 1.807) is 0 Å². The molecule has 1 saturated heterocycles. The molecule has 1 aliphatic heterocycles. The van der Waals surface area contributed by atoms with Gasteiger partial charge in [-0.3, -0.25) is 4.79 Å². The highest BCUT2D eigenvalue weighted by Gasteiger charge is 2.36. The van der Waals surface area contributed by atoms with Gasteiger partial charge in [0.05, 0.1) is 27.0 Å². The molecule has 2 N–H and O–H groups in total. The number of anilines is 1. The number of ether oxygens (including phenoxy) is 3. The van der Waals surface area contributed by atoms with Crippen molar-refractivity contribution in [3.05, 3.63) is 12.1 Å². The van der Waals surface area contributed by atoms with Gasteiger partial charge in [0.25, 0.3) is 0 Å². The number of nitrogens with zero attached hydrogens (tertiary/aromatic N) is 1. The summed E-state index contributed by atoms with van der Waals surface area (Å²) in [5.74, 6) is 0.138. The molecule has 1 atom stereocenters. The number of alkyl halides is 3. The van der Waals surface area contributed by atoms with Crippen molar-refractivity contribution >= 4 is 17.6 Å². The van der Waals surface area contributed by atoms with Crippen LogP contribution in [0.15, 0.2) is 12.1 Å². The molecule has 1 aliphatic rings. The van der Waals surface area contributed by atoms with Crippen molar-refractivity contribution in [2.75, 3.05) is 39.7 Å². The summed E-state index contributed by atoms with van der Waals surface area (Å²) in [5, 5.41) is 4.43. The maximum Gasteiger partial charge on any atom is 0.405 e. The number of halogens is 3. The fourth-order valence-electron chi connectivity index (χ4n) is 2.94. The number of urea groups is 1. The van der Waals surface area contributed by atoms with Crippen molar-refractivity contribution < 1.29 is 37.0 Å². The second kappa shape index (κ2) is 8.89. The van der Waals surface area contributed by atoms with E-state index in [2.05, 4.69) is 5.32 Å². The van der Waals surface area contributed by atoms with Crippen molar-refractivity contribution in [2.45, 2.75) is 25.1 Å². The van der Waals surface area contributed by atoms with Crippen LogP contribution in [0.2, 0.25) is 0 Å². The molecular weight excluding hydrogens is 383 g/mol. The van der Waals surface area contributed by atoms with Crippen LogP contribution >= 0.6 is 0 Å². The van der Waals surface area contributed by atoms with E-state index in [4.69, 9.17) is 14.2 Å². The average molecular weight is 405 g/mol. The Kier molecular flexibility index (Phi) is 6.81. The van der Waals surface area contributed by atoms with Crippen LogP contribution in [0.1, 0.15) is 12.8 Å². The third-order valence-electron chi connectivity index (χ3n) is 4.20. The fourth-order valence-corrected chi connectivity index (χ4v) is 2.94. The van der Waals surface area contributed by atoms with Gasteiger partial charge in [-0.05, 0) is 12.8 Å². The first-order valence-electron chi connectivity index (χ1n) is 8.42. The van der Waals surface area contributed by atoms with Crippen LogP contribution in [0.3, 0.4) is 0 Å². The molecule has 0 saturated carbocycles. The smallest absolute Gasteiger partial charge is 0.405 e. The third kappa shape index (κ3) is 5.11. The largest absolute Gasteiger partial charge is 0.493 e. The minimum absolute atomic E-state index is 0.250. The molecule has 0 aliphatic carbocycles. The van der Waals surface area contributed by atoms with Crippen molar-refractivity contribution in [1.82, 2.24) is 10.2 Å². The summed E-state index contributed by atoms with van der Waals surface area (Å²) in [4.78, 5) is 25.8. The van der Waals surface area contributed by atoms with Gasteiger partial charge in [0.2, 0.25) is 11.7 Å². The van der Waals surface area contributed by atoms with E-state index in [1.807, 2.05) is 5.32 Å². The molecule has 1 aromatic rings. The zero-order valence-corrected chi connectivity index (χ0v) is 15.7. The lowest BCUT2D eigenvalue weighted by Crippen LogP contribution is -2.49. The number of carbonyl (C=O) groups is 2. The molecule has 11 heteroatoms. The van der Waals surface area contributed by atoms with Gasteiger partial charge in [0.15, 0.2) is 11.5 Å². The Hall–Kier alpha value is -2.85. The predicted octanol–water partition coefficient (Wildman–Crippen LogP) is 2.39. The van der Waals surface area contributed by atoms with E-state index in [1.165, 1.54) is 38.4 Å². The topological polar surface area (TPSA) is 89.1 Å². The van der Waals surface area contributed by atoms with Crippen LogP contribution in [-0.2, 0) is 4.79 Å². The molecule has 0 bridgehead atoms. The van der Waals surface area contributed by atoms with Gasteiger partial charge in [0, 0.05) is 18.7 Å². The van der Waals surface area contributed by atoms with Crippen LogP contribution in [0.25, 0.3) is 0 Å². The highest BCUT2D eigenvalue weighted by Crippen LogP contribution is 2.40. The van der Waals surface area contributed by atoms with Gasteiger partial charge in [-0.1, -0.05) is 0 Å². The Labute approximate surface area is 159 Å². The Morgan fingerprint density at radius 3 is 2.25 bits per heavy atom. The van der Waals surface area contributed by atoms with Crippen LogP contribution < -0.4 is 24.8 Å². The molecular formula is C17H22F3N3O5. The molecule has 1 heterocycles. The zero-order chi connectivity index (χ0) is 20.9. The first-order chi connectivity index (χ1) is 13.2. The van der Waals surface area contributed by atoms with E-state index >= 15 is 0 Å². The molecule has 28 heavy (non-hydrogen) atoms. The normalized spacial score (nSPS) is 16.5. The summed E-state index contributed by atoms with van der Waals surface area (Å²) < 4.78 is 52.5. The van der Waals surface area contributed by atoms with Gasteiger partial charge >= 0.3 is 12.2 Å². The molecule has 156 valence electrons. The number of nitrogens with one attached hydrogen (secondary N) is 2. The Balaban J connectivity index is 2.12. The number of methoxy groups -OCH3 is 3. The molecule has 0 aromatic heterocycles. The molecule has 1 fully saturated rings. The summed E-state index contributed by atoms with van der Waals surface area (Å²) in [5.41, 5.74) is 0.320. The van der Waals surface area contributed by atoms with Gasteiger partial charge in [-0.2, -0.15) is 13.2 Å². The lowest BCUT2D eigenvalue weighted by molar-refractivity contribution is -0.140. The maximum atomic E-state index is 12.6. The highest BCUT2D eigenvalue weighted by molar-refractivity contribution is 5.94. The maximum absolute atomic E-state index is 12.6. The summed E-state index contributed by atoms with van der Waals surface area (Å²) in [7, 11) is 4.28. The number of likely N-dealkylation sites (tertiary alicyclic amines) is 1. The predicted molar refractivity (Wildman–Crippen MR) is 93.9 cm³/mol. The van der Waals surface area contributed by atoms with Crippen LogP contribution in [0.4, 0.5) is 23.7 Å². The number of hydrogen-bond acceptors (Lipinski definition) is 5. The summed E-state index contributed by atoms with van der Waals surface area (Å²) >= 11 is 0. The lowest BCUT2D eigenvalue weighted by Gasteiger charge is -2.25. The molecule has 0 unspecified atom stereocenters. The summed E-state index contributed by atoms with van der Waals surface area (Å²) in [6, 6.07) is 1.44. The fraction of sp³-hybridized carbons (Fsp3) is 0.529. The molecule has 1 aromatic carbocycles. The highest BCUT2D eigenvalue weighted by atomic mass is 19.4. The first-order valence-corrected chi connectivity index (χ1v) is 8.42. The van der Waals surface area contributed by atoms with E-state index in [0.717, 1.165) is 0 Å². The van der Waals surface area contributed by atoms with Crippen LogP contribution in [0.5, 0.6) is 17.2 Å². The van der Waals surface area contributed by atoms with Crippen molar-refractivity contribution in [3.8, 4) is 17.2 Å². The summed E-state index contributed by atoms with van der Waals surface area (Å²) in [6.45, 7) is -1.19. The van der Waals surface area contributed by atoms with E-state index in [0.29, 0.717) is 29.4 Å². The molecule has 0 spiro atoms. The van der Waals surface area contributed by atoms with Gasteiger partial charge in [-0.15, -0.1) is 0 Å². The molecule has 0 radical (unpaired) electrons. The van der Waals surface area contributed by atoms with Crippen LogP contribution in [0, 0.1) is 0 Å². The second-order valence-corrected chi connectivity index (χ2v) is 6.03. The lowest BCUT2D eigenvalue weighted by atomic mass is 10.2. The standard InChI is InChI=1S/C17H22F3N3O5/c1-26-12-7-10(8-13(27-2)14(12)28-3)22-16(25)23-6-4-5-11(23)15(24)21-9-17(18,19)20/h7-8,11H,4-6,9H2,1-3H3,(H,21,24)(H,22,25)/t11-/m0/s1. The number of hydrogen-bond donors (Lipinski definition) is 2.